The quantitative estimate of drug-likeness (QED) is 0.251. The first-order valence-electron chi connectivity index (χ1n) is 8.93. The first-order chi connectivity index (χ1) is 14.1. The van der Waals surface area contributed by atoms with Crippen LogP contribution in [0, 0.1) is 0 Å². The fourth-order valence-electron chi connectivity index (χ4n) is 2.78. The third-order valence-corrected chi connectivity index (χ3v) is 4.23. The van der Waals surface area contributed by atoms with Crippen LogP contribution in [-0.2, 0) is 0 Å². The standard InChI is InChI=1S/C24H20O5/c1-27-21-13-8-14-22(28-2)23(21)24(26)29-20-12-7-6-11-18(20)15-16-19(25)17-9-4-3-5-10-17/h3-16H,1-2H3/b16-15+. The molecule has 0 amide bonds. The van der Waals surface area contributed by atoms with Crippen molar-refractivity contribution in [1.82, 2.24) is 0 Å². The topological polar surface area (TPSA) is 61.8 Å². The van der Waals surface area contributed by atoms with Crippen molar-refractivity contribution in [2.24, 2.45) is 0 Å². The third-order valence-electron chi connectivity index (χ3n) is 4.23. The molecule has 0 atom stereocenters. The van der Waals surface area contributed by atoms with Crippen LogP contribution in [0.3, 0.4) is 0 Å². The van der Waals surface area contributed by atoms with E-state index in [2.05, 4.69) is 0 Å². The first-order valence-corrected chi connectivity index (χ1v) is 8.93. The molecule has 0 aliphatic carbocycles. The molecule has 0 spiro atoms. The molecule has 5 heteroatoms. The van der Waals surface area contributed by atoms with Gasteiger partial charge < -0.3 is 14.2 Å². The van der Waals surface area contributed by atoms with E-state index >= 15 is 0 Å². The van der Waals surface area contributed by atoms with Gasteiger partial charge in [0.05, 0.1) is 14.2 Å². The van der Waals surface area contributed by atoms with Gasteiger partial charge >= 0.3 is 5.97 Å². The van der Waals surface area contributed by atoms with E-state index in [0.29, 0.717) is 28.4 Å². The summed E-state index contributed by atoms with van der Waals surface area (Å²) in [4.78, 5) is 25.1. The number of methoxy groups -OCH3 is 2. The number of carbonyl (C=O) groups excluding carboxylic acids is 2. The number of ether oxygens (including phenoxy) is 3. The summed E-state index contributed by atoms with van der Waals surface area (Å²) in [6, 6.07) is 20.9. The van der Waals surface area contributed by atoms with Crippen molar-refractivity contribution in [3.63, 3.8) is 0 Å². The molecule has 0 saturated heterocycles. The lowest BCUT2D eigenvalue weighted by molar-refractivity contribution is 0.0727. The number of rotatable bonds is 7. The molecular formula is C24H20O5. The highest BCUT2D eigenvalue weighted by molar-refractivity contribution is 6.07. The Morgan fingerprint density at radius 3 is 1.97 bits per heavy atom. The van der Waals surface area contributed by atoms with Crippen LogP contribution in [0.2, 0.25) is 0 Å². The Morgan fingerprint density at radius 2 is 1.31 bits per heavy atom. The Morgan fingerprint density at radius 1 is 0.724 bits per heavy atom. The van der Waals surface area contributed by atoms with E-state index in [4.69, 9.17) is 14.2 Å². The van der Waals surface area contributed by atoms with Crippen LogP contribution < -0.4 is 14.2 Å². The van der Waals surface area contributed by atoms with Crippen LogP contribution in [0.4, 0.5) is 0 Å². The van der Waals surface area contributed by atoms with Gasteiger partial charge in [-0.2, -0.15) is 0 Å². The highest BCUT2D eigenvalue weighted by atomic mass is 16.5. The Hall–Kier alpha value is -3.86. The van der Waals surface area contributed by atoms with Crippen LogP contribution in [-0.4, -0.2) is 26.0 Å². The lowest BCUT2D eigenvalue weighted by Gasteiger charge is -2.13. The maximum absolute atomic E-state index is 12.8. The van der Waals surface area contributed by atoms with Gasteiger partial charge in [0.25, 0.3) is 0 Å². The van der Waals surface area contributed by atoms with Gasteiger partial charge in [-0.3, -0.25) is 4.79 Å². The minimum absolute atomic E-state index is 0.141. The molecule has 0 aliphatic rings. The number of para-hydroxylation sites is 1. The minimum atomic E-state index is -0.616. The smallest absolute Gasteiger partial charge is 0.351 e. The van der Waals surface area contributed by atoms with E-state index < -0.39 is 5.97 Å². The number of benzene rings is 3. The zero-order chi connectivity index (χ0) is 20.6. The van der Waals surface area contributed by atoms with E-state index in [1.165, 1.54) is 20.3 Å². The second-order valence-electron chi connectivity index (χ2n) is 6.03. The fraction of sp³-hybridized carbons (Fsp3) is 0.0833. The third kappa shape index (κ3) is 4.71. The number of allylic oxidation sites excluding steroid dienone is 1. The summed E-state index contributed by atoms with van der Waals surface area (Å²) in [6.45, 7) is 0. The molecule has 0 aromatic heterocycles. The summed E-state index contributed by atoms with van der Waals surface area (Å²) in [5, 5.41) is 0. The number of carbonyl (C=O) groups is 2. The Kier molecular flexibility index (Phi) is 6.43. The van der Waals surface area contributed by atoms with Crippen molar-refractivity contribution < 1.29 is 23.8 Å². The second kappa shape index (κ2) is 9.37. The fourth-order valence-corrected chi connectivity index (χ4v) is 2.78. The molecule has 0 N–H and O–H groups in total. The van der Waals surface area contributed by atoms with Gasteiger partial charge in [-0.05, 0) is 30.4 Å². The highest BCUT2D eigenvalue weighted by Crippen LogP contribution is 2.30. The summed E-state index contributed by atoms with van der Waals surface area (Å²) in [5.74, 6) is 0.262. The summed E-state index contributed by atoms with van der Waals surface area (Å²) >= 11 is 0. The molecular weight excluding hydrogens is 368 g/mol. The molecule has 3 rings (SSSR count). The Bertz CT molecular complexity index is 1020. The molecule has 0 heterocycles. The molecule has 0 unspecified atom stereocenters. The summed E-state index contributed by atoms with van der Waals surface area (Å²) in [5.41, 5.74) is 1.37. The van der Waals surface area contributed by atoms with E-state index in [9.17, 15) is 9.59 Å². The number of ketones is 1. The molecule has 0 fully saturated rings. The van der Waals surface area contributed by atoms with Crippen molar-refractivity contribution in [2.45, 2.75) is 0 Å². The van der Waals surface area contributed by atoms with Crippen molar-refractivity contribution in [3.8, 4) is 17.2 Å². The molecule has 29 heavy (non-hydrogen) atoms. The lowest BCUT2D eigenvalue weighted by Crippen LogP contribution is -2.12. The van der Waals surface area contributed by atoms with Gasteiger partial charge in [0.1, 0.15) is 22.8 Å². The van der Waals surface area contributed by atoms with E-state index in [1.54, 1.807) is 72.8 Å². The summed E-state index contributed by atoms with van der Waals surface area (Å²) in [7, 11) is 2.94. The van der Waals surface area contributed by atoms with Gasteiger partial charge in [0.15, 0.2) is 5.78 Å². The van der Waals surface area contributed by atoms with Crippen LogP contribution in [0.1, 0.15) is 26.3 Å². The minimum Gasteiger partial charge on any atom is -0.496 e. The van der Waals surface area contributed by atoms with Crippen molar-refractivity contribution >= 4 is 17.8 Å². The molecule has 5 nitrogen and oxygen atoms in total. The average Bonchev–Trinajstić information content (AvgIpc) is 2.78. The molecule has 0 radical (unpaired) electrons. The average molecular weight is 388 g/mol. The van der Waals surface area contributed by atoms with Gasteiger partial charge in [0, 0.05) is 11.1 Å². The maximum atomic E-state index is 12.8. The van der Waals surface area contributed by atoms with Crippen molar-refractivity contribution in [3.05, 3.63) is 95.6 Å². The first kappa shape index (κ1) is 19.9. The van der Waals surface area contributed by atoms with Gasteiger partial charge in [-0.15, -0.1) is 0 Å². The molecule has 3 aromatic carbocycles. The van der Waals surface area contributed by atoms with Gasteiger partial charge in [-0.25, -0.2) is 4.79 Å². The lowest BCUT2D eigenvalue weighted by atomic mass is 10.1. The second-order valence-corrected chi connectivity index (χ2v) is 6.03. The SMILES string of the molecule is COc1cccc(OC)c1C(=O)Oc1ccccc1/C=C/C(=O)c1ccccc1. The number of hydrogen-bond donors (Lipinski definition) is 0. The van der Waals surface area contributed by atoms with Crippen LogP contribution in [0.5, 0.6) is 17.2 Å². The van der Waals surface area contributed by atoms with Crippen LogP contribution in [0.25, 0.3) is 6.08 Å². The summed E-state index contributed by atoms with van der Waals surface area (Å²) in [6.07, 6.45) is 3.07. The monoisotopic (exact) mass is 388 g/mol. The number of esters is 1. The normalized spacial score (nSPS) is 10.6. The highest BCUT2D eigenvalue weighted by Gasteiger charge is 2.21. The number of hydrogen-bond acceptors (Lipinski definition) is 5. The van der Waals surface area contributed by atoms with Gasteiger partial charge in [-0.1, -0.05) is 54.6 Å². The zero-order valence-corrected chi connectivity index (χ0v) is 16.1. The van der Waals surface area contributed by atoms with Gasteiger partial charge in [0.2, 0.25) is 0 Å². The Balaban J connectivity index is 1.86. The Labute approximate surface area is 169 Å². The largest absolute Gasteiger partial charge is 0.496 e. The molecule has 0 aliphatic heterocycles. The predicted octanol–water partition coefficient (Wildman–Crippen LogP) is 4.82. The van der Waals surface area contributed by atoms with Crippen LogP contribution in [0.15, 0.2) is 78.9 Å². The maximum Gasteiger partial charge on any atom is 0.351 e. The zero-order valence-electron chi connectivity index (χ0n) is 16.1. The molecule has 0 bridgehead atoms. The predicted molar refractivity (Wildman–Crippen MR) is 111 cm³/mol. The van der Waals surface area contributed by atoms with Crippen LogP contribution >= 0.6 is 0 Å². The van der Waals surface area contributed by atoms with Crippen molar-refractivity contribution in [2.75, 3.05) is 14.2 Å². The van der Waals surface area contributed by atoms with E-state index in [-0.39, 0.29) is 11.3 Å². The van der Waals surface area contributed by atoms with Crippen molar-refractivity contribution in [1.29, 1.82) is 0 Å². The molecule has 3 aromatic rings. The molecule has 0 saturated carbocycles. The molecule has 146 valence electrons. The van der Waals surface area contributed by atoms with E-state index in [0.717, 1.165) is 0 Å². The van der Waals surface area contributed by atoms with E-state index in [1.807, 2.05) is 6.07 Å². The summed E-state index contributed by atoms with van der Waals surface area (Å²) < 4.78 is 16.1.